The van der Waals surface area contributed by atoms with Crippen molar-refractivity contribution < 1.29 is 18.5 Å². The highest BCUT2D eigenvalue weighted by molar-refractivity contribution is 9.11. The van der Waals surface area contributed by atoms with Gasteiger partial charge in [0, 0.05) is 31.1 Å². The largest absolute Gasteiger partial charge is 0.454 e. The first-order valence-electron chi connectivity index (χ1n) is 8.23. The van der Waals surface area contributed by atoms with E-state index in [1.807, 2.05) is 39.8 Å². The highest BCUT2D eigenvalue weighted by Gasteiger charge is 2.16. The van der Waals surface area contributed by atoms with Gasteiger partial charge in [0.15, 0.2) is 6.79 Å². The predicted molar refractivity (Wildman–Crippen MR) is 107 cm³/mol. The van der Waals surface area contributed by atoms with Crippen molar-refractivity contribution in [1.82, 2.24) is 0 Å². The number of allylic oxidation sites excluding steroid dienone is 3. The highest BCUT2D eigenvalue weighted by atomic mass is 79.9. The lowest BCUT2D eigenvalue weighted by Gasteiger charge is -2.16. The smallest absolute Gasteiger partial charge is 0.331 e. The molecule has 0 spiro atoms. The second-order valence-electron chi connectivity index (χ2n) is 5.67. The Morgan fingerprint density at radius 1 is 1.48 bits per heavy atom. The number of carbonyl (C=O) groups is 1. The van der Waals surface area contributed by atoms with E-state index in [4.69, 9.17) is 13.7 Å². The van der Waals surface area contributed by atoms with Gasteiger partial charge in [0.2, 0.25) is 0 Å². The predicted octanol–water partition coefficient (Wildman–Crippen LogP) is 4.94. The summed E-state index contributed by atoms with van der Waals surface area (Å²) in [5.41, 5.74) is 1.11. The fourth-order valence-electron chi connectivity index (χ4n) is 2.16. The van der Waals surface area contributed by atoms with Gasteiger partial charge in [-0.1, -0.05) is 33.7 Å². The number of ether oxygens (including phenoxy) is 2. The van der Waals surface area contributed by atoms with Crippen LogP contribution in [0.1, 0.15) is 40.5 Å². The topological polar surface area (TPSA) is 57.1 Å². The van der Waals surface area contributed by atoms with Crippen molar-refractivity contribution in [1.29, 1.82) is 0 Å². The fraction of sp³-hybridized carbons (Fsp3) is 0.556. The number of halogens is 1. The molecule has 1 aliphatic heterocycles. The van der Waals surface area contributed by atoms with Gasteiger partial charge in [-0.3, -0.25) is 9.18 Å². The molecule has 1 aliphatic rings. The van der Waals surface area contributed by atoms with Gasteiger partial charge in [-0.15, -0.1) is 0 Å². The number of hydrogen-bond donors (Lipinski definition) is 0. The Hall–Kier alpha value is -0.890. The standard InChI is InChI=1S/C18H26BrNO4S/c1-5-20-17-11-16(10-14(3)19)24-18(21)8-6-7-13(2)9-15(4)22-12-23-25-17/h6-8,10,15-16H,5,9,11-12H2,1-4H3/b8-6-,13-7+,14-10+,20-17?/t15-,16+/m0/s1. The van der Waals surface area contributed by atoms with Crippen LogP contribution < -0.4 is 0 Å². The van der Waals surface area contributed by atoms with Crippen LogP contribution in [-0.4, -0.2) is 36.6 Å². The number of hydrogen-bond acceptors (Lipinski definition) is 6. The summed E-state index contributed by atoms with van der Waals surface area (Å²) in [7, 11) is 0. The first kappa shape index (κ1) is 22.2. The van der Waals surface area contributed by atoms with Crippen molar-refractivity contribution in [3.8, 4) is 0 Å². The lowest BCUT2D eigenvalue weighted by Crippen LogP contribution is -2.18. The van der Waals surface area contributed by atoms with Gasteiger partial charge in [0.1, 0.15) is 6.10 Å². The molecular formula is C18H26BrNO4S. The average molecular weight is 432 g/mol. The summed E-state index contributed by atoms with van der Waals surface area (Å²) in [5, 5.41) is 0.759. The first-order chi connectivity index (χ1) is 11.9. The molecule has 0 bridgehead atoms. The van der Waals surface area contributed by atoms with Gasteiger partial charge in [0.25, 0.3) is 0 Å². The van der Waals surface area contributed by atoms with E-state index in [9.17, 15) is 4.79 Å². The molecule has 5 nitrogen and oxygen atoms in total. The summed E-state index contributed by atoms with van der Waals surface area (Å²) >= 11 is 4.56. The maximum absolute atomic E-state index is 12.1. The fourth-order valence-corrected chi connectivity index (χ4v) is 3.11. The second kappa shape index (κ2) is 12.5. The van der Waals surface area contributed by atoms with E-state index in [0.29, 0.717) is 13.0 Å². The van der Waals surface area contributed by atoms with Gasteiger partial charge in [0.05, 0.1) is 11.1 Å². The number of esters is 1. The summed E-state index contributed by atoms with van der Waals surface area (Å²) < 4.78 is 17.6. The van der Waals surface area contributed by atoms with Crippen LogP contribution in [0.3, 0.4) is 0 Å². The summed E-state index contributed by atoms with van der Waals surface area (Å²) in [4.78, 5) is 16.5. The molecule has 0 saturated carbocycles. The van der Waals surface area contributed by atoms with E-state index >= 15 is 0 Å². The molecule has 0 unspecified atom stereocenters. The molecule has 7 heteroatoms. The number of rotatable bonds is 2. The zero-order valence-corrected chi connectivity index (χ0v) is 17.6. The quantitative estimate of drug-likeness (QED) is 0.457. The molecule has 25 heavy (non-hydrogen) atoms. The van der Waals surface area contributed by atoms with Crippen LogP contribution in [0.15, 0.2) is 39.4 Å². The molecule has 0 N–H and O–H groups in total. The summed E-state index contributed by atoms with van der Waals surface area (Å²) in [5.74, 6) is -0.389. The minimum absolute atomic E-state index is 0.0284. The van der Waals surface area contributed by atoms with Crippen LogP contribution >= 0.6 is 28.0 Å². The zero-order valence-electron chi connectivity index (χ0n) is 15.2. The molecule has 0 aromatic heterocycles. The van der Waals surface area contributed by atoms with Crippen molar-refractivity contribution in [2.24, 2.45) is 4.99 Å². The highest BCUT2D eigenvalue weighted by Crippen LogP contribution is 2.18. The van der Waals surface area contributed by atoms with Gasteiger partial charge in [-0.25, -0.2) is 4.79 Å². The van der Waals surface area contributed by atoms with Crippen molar-refractivity contribution in [2.75, 3.05) is 13.3 Å². The molecule has 0 aromatic carbocycles. The van der Waals surface area contributed by atoms with Crippen LogP contribution in [0.4, 0.5) is 0 Å². The van der Waals surface area contributed by atoms with Crippen molar-refractivity contribution >= 4 is 39.0 Å². The Bertz CT molecular complexity index is 553. The van der Waals surface area contributed by atoms with E-state index in [0.717, 1.165) is 21.5 Å². The van der Waals surface area contributed by atoms with E-state index in [2.05, 4.69) is 20.9 Å². The van der Waals surface area contributed by atoms with E-state index in [1.54, 1.807) is 6.08 Å². The van der Waals surface area contributed by atoms with Crippen LogP contribution in [0.5, 0.6) is 0 Å². The first-order valence-corrected chi connectivity index (χ1v) is 9.77. The SMILES string of the molecule is CCN=C1C[C@@H](/C=C(\C)Br)OC(=O)/C=C\C=C(/C)C[C@H](C)OCOS1. The third kappa shape index (κ3) is 10.6. The normalized spacial score (nSPS) is 30.0. The van der Waals surface area contributed by atoms with E-state index in [1.165, 1.54) is 18.1 Å². The van der Waals surface area contributed by atoms with Crippen molar-refractivity contribution in [2.45, 2.75) is 52.7 Å². The molecule has 0 aromatic rings. The van der Waals surface area contributed by atoms with Gasteiger partial charge in [-0.2, -0.15) is 0 Å². The number of cyclic esters (lactones) is 1. The molecule has 2 atom stereocenters. The number of nitrogens with zero attached hydrogens (tertiary/aromatic N) is 1. The Morgan fingerprint density at radius 3 is 2.92 bits per heavy atom. The van der Waals surface area contributed by atoms with Gasteiger partial charge in [-0.05, 0) is 44.7 Å². The summed E-state index contributed by atoms with van der Waals surface area (Å²) in [6.07, 6.45) is 7.69. The third-order valence-corrected chi connectivity index (χ3v) is 4.14. The Morgan fingerprint density at radius 2 is 2.24 bits per heavy atom. The molecule has 140 valence electrons. The summed E-state index contributed by atoms with van der Waals surface area (Å²) in [6.45, 7) is 8.63. The Kier molecular flexibility index (Phi) is 11.0. The maximum atomic E-state index is 12.1. The average Bonchev–Trinajstić information content (AvgIpc) is 2.50. The summed E-state index contributed by atoms with van der Waals surface area (Å²) in [6, 6.07) is 0. The van der Waals surface area contributed by atoms with E-state index < -0.39 is 6.10 Å². The molecular weight excluding hydrogens is 406 g/mol. The molecule has 1 heterocycles. The molecule has 0 amide bonds. The molecule has 1 rings (SSSR count). The maximum Gasteiger partial charge on any atom is 0.331 e. The molecule has 0 fully saturated rings. The van der Waals surface area contributed by atoms with Crippen molar-refractivity contribution in [3.63, 3.8) is 0 Å². The number of carbonyl (C=O) groups excluding carboxylic acids is 1. The van der Waals surface area contributed by atoms with E-state index in [-0.39, 0.29) is 18.9 Å². The Balaban J connectivity index is 2.95. The number of aliphatic imine (C=N–C) groups is 1. The minimum Gasteiger partial charge on any atom is -0.454 e. The van der Waals surface area contributed by atoms with Crippen LogP contribution in [-0.2, 0) is 18.5 Å². The third-order valence-electron chi connectivity index (χ3n) is 3.17. The lowest BCUT2D eigenvalue weighted by molar-refractivity contribution is -0.140. The minimum atomic E-state index is -0.423. The molecule has 0 radical (unpaired) electrons. The Labute approximate surface area is 162 Å². The zero-order chi connectivity index (χ0) is 18.7. The van der Waals surface area contributed by atoms with Crippen LogP contribution in [0.2, 0.25) is 0 Å². The lowest BCUT2D eigenvalue weighted by atomic mass is 10.1. The van der Waals surface area contributed by atoms with Crippen LogP contribution in [0.25, 0.3) is 0 Å². The van der Waals surface area contributed by atoms with Gasteiger partial charge < -0.3 is 9.47 Å². The van der Waals surface area contributed by atoms with Crippen LogP contribution in [0, 0.1) is 0 Å². The monoisotopic (exact) mass is 431 g/mol. The van der Waals surface area contributed by atoms with Crippen molar-refractivity contribution in [3.05, 3.63) is 34.4 Å². The van der Waals surface area contributed by atoms with Gasteiger partial charge >= 0.3 is 5.97 Å². The second-order valence-corrected chi connectivity index (χ2v) is 7.80. The molecule has 0 saturated heterocycles. The molecule has 0 aliphatic carbocycles.